The van der Waals surface area contributed by atoms with E-state index < -0.39 is 9.84 Å². The third kappa shape index (κ3) is 2.68. The number of pyridine rings is 1. The Labute approximate surface area is 113 Å². The van der Waals surface area contributed by atoms with E-state index in [1.54, 1.807) is 12.1 Å². The molecule has 1 heterocycles. The van der Waals surface area contributed by atoms with Crippen molar-refractivity contribution in [2.45, 2.75) is 9.79 Å². The first kappa shape index (κ1) is 12.5. The van der Waals surface area contributed by atoms with Gasteiger partial charge in [-0.3, -0.25) is 0 Å². The number of hydrogen-bond donors (Lipinski definition) is 0. The Kier molecular flexibility index (Phi) is 3.51. The van der Waals surface area contributed by atoms with Crippen LogP contribution in [0, 0.1) is 0 Å². The van der Waals surface area contributed by atoms with E-state index in [2.05, 4.69) is 20.9 Å². The first-order valence-electron chi connectivity index (χ1n) is 4.62. The van der Waals surface area contributed by atoms with Crippen molar-refractivity contribution in [1.29, 1.82) is 0 Å². The van der Waals surface area contributed by atoms with E-state index in [1.165, 1.54) is 30.5 Å². The van der Waals surface area contributed by atoms with E-state index in [4.69, 9.17) is 11.6 Å². The maximum absolute atomic E-state index is 12.2. The molecular formula is C11H7BrClNO2S. The van der Waals surface area contributed by atoms with Crippen molar-refractivity contribution in [3.8, 4) is 0 Å². The molecule has 2 rings (SSSR count). The molecule has 0 aliphatic heterocycles. The number of halogens is 2. The minimum Gasteiger partial charge on any atom is -0.249 e. The average Bonchev–Trinajstić information content (AvgIpc) is 2.29. The van der Waals surface area contributed by atoms with Crippen LogP contribution in [0.5, 0.6) is 0 Å². The normalized spacial score (nSPS) is 11.4. The summed E-state index contributed by atoms with van der Waals surface area (Å²) >= 11 is 8.86. The third-order valence-corrected chi connectivity index (χ3v) is 4.59. The van der Waals surface area contributed by atoms with E-state index in [0.717, 1.165) is 0 Å². The van der Waals surface area contributed by atoms with Gasteiger partial charge in [-0.05, 0) is 52.3 Å². The highest BCUT2D eigenvalue weighted by Crippen LogP contribution is 2.23. The van der Waals surface area contributed by atoms with Gasteiger partial charge < -0.3 is 0 Å². The number of nitrogens with zero attached hydrogens (tertiary/aromatic N) is 1. The van der Waals surface area contributed by atoms with Gasteiger partial charge >= 0.3 is 0 Å². The monoisotopic (exact) mass is 331 g/mol. The molecule has 0 aliphatic carbocycles. The molecule has 0 aliphatic rings. The second-order valence-corrected chi connectivity index (χ2v) is 6.47. The van der Waals surface area contributed by atoms with E-state index >= 15 is 0 Å². The van der Waals surface area contributed by atoms with Crippen LogP contribution >= 0.6 is 27.5 Å². The smallest absolute Gasteiger partial charge is 0.206 e. The Morgan fingerprint density at radius 2 is 1.71 bits per heavy atom. The van der Waals surface area contributed by atoms with Crippen molar-refractivity contribution < 1.29 is 8.42 Å². The molecule has 0 bridgehead atoms. The molecule has 0 unspecified atom stereocenters. The van der Waals surface area contributed by atoms with Gasteiger partial charge in [-0.2, -0.15) is 0 Å². The van der Waals surface area contributed by atoms with Gasteiger partial charge in [-0.15, -0.1) is 0 Å². The van der Waals surface area contributed by atoms with Gasteiger partial charge in [-0.25, -0.2) is 13.4 Å². The maximum atomic E-state index is 12.2. The largest absolute Gasteiger partial charge is 0.249 e. The first-order valence-corrected chi connectivity index (χ1v) is 7.28. The molecule has 0 spiro atoms. The van der Waals surface area contributed by atoms with Gasteiger partial charge in [0, 0.05) is 11.2 Å². The highest BCUT2D eigenvalue weighted by atomic mass is 79.9. The zero-order chi connectivity index (χ0) is 12.5. The Hall–Kier alpha value is -0.910. The molecule has 1 aromatic carbocycles. The van der Waals surface area contributed by atoms with E-state index in [1.807, 2.05) is 0 Å². The lowest BCUT2D eigenvalue weighted by Gasteiger charge is -2.04. The third-order valence-electron chi connectivity index (χ3n) is 2.13. The summed E-state index contributed by atoms with van der Waals surface area (Å²) in [5.41, 5.74) is 0. The summed E-state index contributed by atoms with van der Waals surface area (Å²) in [7, 11) is -3.51. The van der Waals surface area contributed by atoms with Crippen LogP contribution in [0.15, 0.2) is 57.0 Å². The zero-order valence-corrected chi connectivity index (χ0v) is 11.6. The van der Waals surface area contributed by atoms with Gasteiger partial charge in [0.25, 0.3) is 0 Å². The lowest BCUT2D eigenvalue weighted by Crippen LogP contribution is -2.02. The van der Waals surface area contributed by atoms with Crippen LogP contribution in [-0.4, -0.2) is 13.4 Å². The summed E-state index contributed by atoms with van der Waals surface area (Å²) in [6.07, 6.45) is 1.44. The Morgan fingerprint density at radius 3 is 2.29 bits per heavy atom. The van der Waals surface area contributed by atoms with Crippen LogP contribution in [0.1, 0.15) is 0 Å². The summed E-state index contributed by atoms with van der Waals surface area (Å²) in [5.74, 6) is 0. The van der Waals surface area contributed by atoms with Gasteiger partial charge in [0.2, 0.25) is 9.84 Å². The van der Waals surface area contributed by atoms with Gasteiger partial charge in [-0.1, -0.05) is 11.6 Å². The van der Waals surface area contributed by atoms with Crippen LogP contribution in [0.4, 0.5) is 0 Å². The molecule has 0 fully saturated rings. The predicted molar refractivity (Wildman–Crippen MR) is 68.8 cm³/mol. The molecule has 1 aromatic heterocycles. The molecule has 3 nitrogen and oxygen atoms in total. The molecule has 88 valence electrons. The highest BCUT2D eigenvalue weighted by molar-refractivity contribution is 9.10. The second-order valence-electron chi connectivity index (χ2n) is 3.27. The molecule has 0 amide bonds. The van der Waals surface area contributed by atoms with E-state index in [0.29, 0.717) is 9.63 Å². The fourth-order valence-corrected chi connectivity index (χ4v) is 3.22. The topological polar surface area (TPSA) is 47.0 Å². The molecule has 0 N–H and O–H groups in total. The molecule has 2 aromatic rings. The standard InChI is InChI=1S/C11H7BrClNO2S/c12-11-7-10(5-6-14-11)17(15,16)9-3-1-8(13)2-4-9/h1-7H. The molecule has 0 saturated heterocycles. The minimum atomic E-state index is -3.51. The lowest BCUT2D eigenvalue weighted by molar-refractivity contribution is 0.596. The molecule has 6 heteroatoms. The number of rotatable bonds is 2. The number of hydrogen-bond acceptors (Lipinski definition) is 3. The van der Waals surface area contributed by atoms with Gasteiger partial charge in [0.15, 0.2) is 0 Å². The van der Waals surface area contributed by atoms with Crippen LogP contribution in [0.25, 0.3) is 0 Å². The van der Waals surface area contributed by atoms with Crippen LogP contribution in [0.2, 0.25) is 5.02 Å². The molecular weight excluding hydrogens is 326 g/mol. The van der Waals surface area contributed by atoms with E-state index in [9.17, 15) is 8.42 Å². The summed E-state index contributed by atoms with van der Waals surface area (Å²) in [5, 5.41) is 0.500. The fraction of sp³-hybridized carbons (Fsp3) is 0. The molecule has 0 saturated carbocycles. The van der Waals surface area contributed by atoms with Crippen LogP contribution in [0.3, 0.4) is 0 Å². The van der Waals surface area contributed by atoms with Crippen LogP contribution < -0.4 is 0 Å². The highest BCUT2D eigenvalue weighted by Gasteiger charge is 2.17. The summed E-state index contributed by atoms with van der Waals surface area (Å²) in [4.78, 5) is 4.30. The molecule has 0 radical (unpaired) electrons. The Balaban J connectivity index is 2.54. The number of sulfone groups is 1. The summed E-state index contributed by atoms with van der Waals surface area (Å²) < 4.78 is 24.9. The van der Waals surface area contributed by atoms with Crippen molar-refractivity contribution in [2.24, 2.45) is 0 Å². The predicted octanol–water partition coefficient (Wildman–Crippen LogP) is 3.33. The Bertz CT molecular complexity index is 641. The van der Waals surface area contributed by atoms with Crippen LogP contribution in [-0.2, 0) is 9.84 Å². The van der Waals surface area contributed by atoms with E-state index in [-0.39, 0.29) is 9.79 Å². The average molecular weight is 333 g/mol. The van der Waals surface area contributed by atoms with Crippen molar-refractivity contribution in [3.05, 3.63) is 52.2 Å². The number of aromatic nitrogens is 1. The van der Waals surface area contributed by atoms with Crippen molar-refractivity contribution >= 4 is 37.4 Å². The van der Waals surface area contributed by atoms with Gasteiger partial charge in [0.1, 0.15) is 4.60 Å². The summed E-state index contributed by atoms with van der Waals surface area (Å²) in [6.45, 7) is 0. The first-order chi connectivity index (χ1) is 8.00. The SMILES string of the molecule is O=S(=O)(c1ccc(Cl)cc1)c1ccnc(Br)c1. The Morgan fingerprint density at radius 1 is 1.06 bits per heavy atom. The van der Waals surface area contributed by atoms with Crippen molar-refractivity contribution in [1.82, 2.24) is 4.98 Å². The number of benzene rings is 1. The molecule has 17 heavy (non-hydrogen) atoms. The molecule has 0 atom stereocenters. The fourth-order valence-electron chi connectivity index (χ4n) is 1.30. The zero-order valence-electron chi connectivity index (χ0n) is 8.47. The summed E-state index contributed by atoms with van der Waals surface area (Å²) in [6, 6.07) is 8.96. The second kappa shape index (κ2) is 4.76. The maximum Gasteiger partial charge on any atom is 0.206 e. The van der Waals surface area contributed by atoms with Gasteiger partial charge in [0.05, 0.1) is 9.79 Å². The van der Waals surface area contributed by atoms with Crippen molar-refractivity contribution in [2.75, 3.05) is 0 Å². The van der Waals surface area contributed by atoms with Crippen molar-refractivity contribution in [3.63, 3.8) is 0 Å². The quantitative estimate of drug-likeness (QED) is 0.793. The minimum absolute atomic E-state index is 0.196. The lowest BCUT2D eigenvalue weighted by atomic mass is 10.4.